The van der Waals surface area contributed by atoms with E-state index in [4.69, 9.17) is 0 Å². The number of hydrogen-bond donors (Lipinski definition) is 0. The van der Waals surface area contributed by atoms with E-state index in [0.717, 1.165) is 41.3 Å². The van der Waals surface area contributed by atoms with Gasteiger partial charge in [-0.3, -0.25) is 0 Å². The first-order chi connectivity index (χ1) is 36.7. The summed E-state index contributed by atoms with van der Waals surface area (Å²) in [4.78, 5) is 4.92. The van der Waals surface area contributed by atoms with Crippen LogP contribution in [0.2, 0.25) is 0 Å². The molecule has 2 heteroatoms. The molecule has 0 unspecified atom stereocenters. The third-order valence-electron chi connectivity index (χ3n) is 15.2. The Morgan fingerprint density at radius 2 is 0.730 bits per heavy atom. The van der Waals surface area contributed by atoms with Gasteiger partial charge in [0.2, 0.25) is 0 Å². The lowest BCUT2D eigenvalue weighted by Crippen LogP contribution is -2.16. The lowest BCUT2D eigenvalue weighted by molar-refractivity contribution is 0.998. The summed E-state index contributed by atoms with van der Waals surface area (Å²) in [5.74, 6) is 0. The maximum Gasteiger partial charge on any atom is 0.0540 e. The van der Waals surface area contributed by atoms with Crippen molar-refractivity contribution in [2.45, 2.75) is 12.8 Å². The van der Waals surface area contributed by atoms with Gasteiger partial charge in [-0.05, 0) is 167 Å². The van der Waals surface area contributed by atoms with Crippen LogP contribution in [0.3, 0.4) is 0 Å². The Morgan fingerprint density at radius 1 is 0.257 bits per heavy atom. The number of para-hydroxylation sites is 1. The largest absolute Gasteiger partial charge is 0.310 e. The fourth-order valence-electron chi connectivity index (χ4n) is 11.7. The molecular weight excluding hydrogens is 893 g/mol. The van der Waals surface area contributed by atoms with Gasteiger partial charge >= 0.3 is 0 Å². The number of benzene rings is 13. The summed E-state index contributed by atoms with van der Waals surface area (Å²) >= 11 is 0. The second kappa shape index (κ2) is 18.3. The molecule has 0 saturated carbocycles. The van der Waals surface area contributed by atoms with Crippen molar-refractivity contribution in [1.82, 2.24) is 0 Å². The van der Waals surface area contributed by atoms with Crippen LogP contribution in [0.4, 0.5) is 28.4 Å². The number of rotatable bonds is 9. The van der Waals surface area contributed by atoms with Gasteiger partial charge in [0.25, 0.3) is 0 Å². The highest BCUT2D eigenvalue weighted by Crippen LogP contribution is 2.49. The van der Waals surface area contributed by atoms with Gasteiger partial charge in [0.05, 0.1) is 11.4 Å². The molecule has 0 fully saturated rings. The molecule has 0 bridgehead atoms. The minimum atomic E-state index is 0.994. The topological polar surface area (TPSA) is 6.48 Å². The van der Waals surface area contributed by atoms with Crippen LogP contribution >= 0.6 is 0 Å². The summed E-state index contributed by atoms with van der Waals surface area (Å²) in [6.07, 6.45) is 9.05. The van der Waals surface area contributed by atoms with Gasteiger partial charge in [0, 0.05) is 33.5 Å². The lowest BCUT2D eigenvalue weighted by atomic mass is 9.84. The van der Waals surface area contributed by atoms with Crippen LogP contribution < -0.4 is 9.80 Å². The highest BCUT2D eigenvalue weighted by Gasteiger charge is 2.24. The molecule has 74 heavy (non-hydrogen) atoms. The SMILES string of the molecule is C1=CC(N(c2ccc3c(-c4ccc(-c5ccc6ccccc6c5)cc4)c4cc(N(c5ccccc5)c5cccc6ccccc56)ccc4c(-c4ccc5ccccc5c4)c3c2)c2cccc3ccccc23)=CCC1. The maximum atomic E-state index is 2.48. The monoisotopic (exact) mass is 942 g/mol. The molecule has 0 saturated heterocycles. The molecule has 2 nitrogen and oxygen atoms in total. The van der Waals surface area contributed by atoms with Gasteiger partial charge in [-0.25, -0.2) is 0 Å². The average molecular weight is 943 g/mol. The van der Waals surface area contributed by atoms with Crippen molar-refractivity contribution in [2.24, 2.45) is 0 Å². The van der Waals surface area contributed by atoms with Gasteiger partial charge in [-0.2, -0.15) is 0 Å². The summed E-state index contributed by atoms with van der Waals surface area (Å²) < 4.78 is 0. The molecule has 0 amide bonds. The molecule has 1 aliphatic carbocycles. The Bertz CT molecular complexity index is 4360. The van der Waals surface area contributed by atoms with Crippen molar-refractivity contribution in [2.75, 3.05) is 9.80 Å². The fraction of sp³-hybridized carbons (Fsp3) is 0.0278. The Hall–Kier alpha value is -9.50. The smallest absolute Gasteiger partial charge is 0.0540 e. The van der Waals surface area contributed by atoms with Crippen molar-refractivity contribution >= 4 is 93.1 Å². The predicted octanol–water partition coefficient (Wildman–Crippen LogP) is 20.4. The molecule has 0 atom stereocenters. The first kappa shape index (κ1) is 43.3. The van der Waals surface area contributed by atoms with E-state index in [0.29, 0.717) is 0 Å². The summed E-state index contributed by atoms with van der Waals surface area (Å²) in [6, 6.07) is 96.5. The molecular formula is C72H50N2. The van der Waals surface area contributed by atoms with Gasteiger partial charge in [0.1, 0.15) is 0 Å². The van der Waals surface area contributed by atoms with Crippen molar-refractivity contribution < 1.29 is 0 Å². The zero-order valence-corrected chi connectivity index (χ0v) is 40.9. The number of allylic oxidation sites excluding steroid dienone is 3. The zero-order chi connectivity index (χ0) is 49.0. The fourth-order valence-corrected chi connectivity index (χ4v) is 11.7. The molecule has 0 heterocycles. The quantitative estimate of drug-likeness (QED) is 0.133. The summed E-state index contributed by atoms with van der Waals surface area (Å²) in [6.45, 7) is 0. The highest BCUT2D eigenvalue weighted by atomic mass is 15.2. The first-order valence-electron chi connectivity index (χ1n) is 25.8. The molecule has 13 aromatic carbocycles. The molecule has 13 aromatic rings. The van der Waals surface area contributed by atoms with E-state index >= 15 is 0 Å². The maximum absolute atomic E-state index is 2.48. The van der Waals surface area contributed by atoms with Gasteiger partial charge < -0.3 is 9.80 Å². The van der Waals surface area contributed by atoms with E-state index in [1.165, 1.54) is 104 Å². The molecule has 0 N–H and O–H groups in total. The van der Waals surface area contributed by atoms with Gasteiger partial charge in [-0.15, -0.1) is 0 Å². The molecule has 1 aliphatic rings. The van der Waals surface area contributed by atoms with Gasteiger partial charge in [-0.1, -0.05) is 212 Å². The minimum Gasteiger partial charge on any atom is -0.310 e. The minimum absolute atomic E-state index is 0.994. The van der Waals surface area contributed by atoms with Crippen LogP contribution in [0, 0.1) is 0 Å². The number of fused-ring (bicyclic) bond motifs is 6. The normalized spacial score (nSPS) is 12.5. The van der Waals surface area contributed by atoms with Crippen molar-refractivity contribution in [1.29, 1.82) is 0 Å². The Labute approximate surface area is 431 Å². The number of anilines is 5. The van der Waals surface area contributed by atoms with E-state index in [1.807, 2.05) is 0 Å². The summed E-state index contributed by atoms with van der Waals surface area (Å²) in [5, 5.41) is 14.6. The van der Waals surface area contributed by atoms with E-state index in [2.05, 4.69) is 289 Å². The number of hydrogen-bond acceptors (Lipinski definition) is 2. The molecule has 0 aromatic heterocycles. The lowest BCUT2D eigenvalue weighted by Gasteiger charge is -2.30. The van der Waals surface area contributed by atoms with Crippen molar-refractivity contribution in [3.05, 3.63) is 285 Å². The Balaban J connectivity index is 1.07. The van der Waals surface area contributed by atoms with E-state index < -0.39 is 0 Å². The Kier molecular flexibility index (Phi) is 10.7. The highest BCUT2D eigenvalue weighted by molar-refractivity contribution is 6.23. The molecule has 0 aliphatic heterocycles. The number of nitrogens with zero attached hydrogens (tertiary/aromatic N) is 2. The zero-order valence-electron chi connectivity index (χ0n) is 40.9. The molecule has 0 radical (unpaired) electrons. The summed E-state index contributed by atoms with van der Waals surface area (Å²) in [5.41, 5.74) is 14.0. The van der Waals surface area contributed by atoms with E-state index in [9.17, 15) is 0 Å². The average Bonchev–Trinajstić information content (AvgIpc) is 3.50. The van der Waals surface area contributed by atoms with Crippen LogP contribution in [0.15, 0.2) is 285 Å². The van der Waals surface area contributed by atoms with Gasteiger partial charge in [0.15, 0.2) is 0 Å². The third kappa shape index (κ3) is 7.59. The van der Waals surface area contributed by atoms with Crippen LogP contribution in [-0.4, -0.2) is 0 Å². The predicted molar refractivity (Wildman–Crippen MR) is 318 cm³/mol. The van der Waals surface area contributed by atoms with E-state index in [1.54, 1.807) is 0 Å². The molecule has 348 valence electrons. The molecule has 14 rings (SSSR count). The molecule has 0 spiro atoms. The third-order valence-corrected chi connectivity index (χ3v) is 15.2. The van der Waals surface area contributed by atoms with Crippen LogP contribution in [-0.2, 0) is 0 Å². The second-order valence-electron chi connectivity index (χ2n) is 19.5. The summed E-state index contributed by atoms with van der Waals surface area (Å²) in [7, 11) is 0. The standard InChI is InChI=1S/C72H50N2/c1-3-25-59(26-4-1)73(69-31-15-23-52-19-11-13-29-63(52)69)61-42-44-66-67(47-61)71(54-37-33-51(34-38-54)57-39-35-49-17-7-9-21-55(49)45-57)65-43-41-62(48-68(65)72(66)58-40-36-50-18-8-10-22-56(50)46-58)74(60-27-5-2-6-28-60)70-32-16-24-53-20-12-14-30-64(53)70/h1,3-5,7-48H,2,6H2. The first-order valence-corrected chi connectivity index (χ1v) is 25.8. The van der Waals surface area contributed by atoms with E-state index in [-0.39, 0.29) is 0 Å². The van der Waals surface area contributed by atoms with Crippen LogP contribution in [0.5, 0.6) is 0 Å². The van der Waals surface area contributed by atoms with Crippen LogP contribution in [0.25, 0.3) is 98.0 Å². The Morgan fingerprint density at radius 3 is 1.34 bits per heavy atom. The van der Waals surface area contributed by atoms with Crippen molar-refractivity contribution in [3.8, 4) is 33.4 Å². The second-order valence-corrected chi connectivity index (χ2v) is 19.5. The van der Waals surface area contributed by atoms with Crippen LogP contribution in [0.1, 0.15) is 12.8 Å². The van der Waals surface area contributed by atoms with Crippen molar-refractivity contribution in [3.63, 3.8) is 0 Å².